The summed E-state index contributed by atoms with van der Waals surface area (Å²) < 4.78 is 11.2. The van der Waals surface area contributed by atoms with Gasteiger partial charge in [0.25, 0.3) is 0 Å². The van der Waals surface area contributed by atoms with Gasteiger partial charge in [0.2, 0.25) is 0 Å². The van der Waals surface area contributed by atoms with E-state index in [1.165, 1.54) is 0 Å². The second-order valence-corrected chi connectivity index (χ2v) is 5.43. The lowest BCUT2D eigenvalue weighted by Gasteiger charge is -2.17. The van der Waals surface area contributed by atoms with Gasteiger partial charge in [0.05, 0.1) is 18.9 Å². The number of aliphatic imine (C=N–C) groups is 1. The zero-order chi connectivity index (χ0) is 13.2. The number of amidine groups is 1. The highest BCUT2D eigenvalue weighted by Gasteiger charge is 2.16. The van der Waals surface area contributed by atoms with Gasteiger partial charge in [-0.1, -0.05) is 20.8 Å². The van der Waals surface area contributed by atoms with Crippen molar-refractivity contribution in [3.8, 4) is 11.5 Å². The van der Waals surface area contributed by atoms with Gasteiger partial charge in [-0.3, -0.25) is 0 Å². The largest absolute Gasteiger partial charge is 0.490 e. The molecule has 0 saturated carbocycles. The van der Waals surface area contributed by atoms with Crippen molar-refractivity contribution in [1.29, 1.82) is 0 Å². The van der Waals surface area contributed by atoms with E-state index in [1.54, 1.807) is 0 Å². The van der Waals surface area contributed by atoms with Gasteiger partial charge in [-0.25, -0.2) is 4.99 Å². The van der Waals surface area contributed by atoms with E-state index >= 15 is 0 Å². The first-order chi connectivity index (χ1) is 8.47. The molecule has 1 aliphatic heterocycles. The van der Waals surface area contributed by atoms with Crippen LogP contribution in [0.5, 0.6) is 11.5 Å². The van der Waals surface area contributed by atoms with Crippen LogP contribution in [0.3, 0.4) is 0 Å². The second-order valence-electron chi connectivity index (χ2n) is 5.43. The molecule has 4 heteroatoms. The van der Waals surface area contributed by atoms with Crippen LogP contribution in [0.15, 0.2) is 23.2 Å². The van der Waals surface area contributed by atoms with E-state index in [0.717, 1.165) is 23.6 Å². The SMILES string of the molecule is CC(C)(C)C(N)=Nc1ccc2c(c1)OCCCO2. The molecule has 0 aliphatic carbocycles. The summed E-state index contributed by atoms with van der Waals surface area (Å²) in [6, 6.07) is 5.65. The Morgan fingerprint density at radius 2 is 1.83 bits per heavy atom. The van der Waals surface area contributed by atoms with Crippen LogP contribution in [0.2, 0.25) is 0 Å². The molecule has 0 radical (unpaired) electrons. The quantitative estimate of drug-likeness (QED) is 0.614. The maximum atomic E-state index is 5.97. The van der Waals surface area contributed by atoms with Crippen molar-refractivity contribution in [2.45, 2.75) is 27.2 Å². The summed E-state index contributed by atoms with van der Waals surface area (Å²) in [4.78, 5) is 4.43. The molecule has 0 aromatic heterocycles. The molecular weight excluding hydrogens is 228 g/mol. The Kier molecular flexibility index (Phi) is 3.45. The van der Waals surface area contributed by atoms with E-state index in [4.69, 9.17) is 15.2 Å². The molecule has 4 nitrogen and oxygen atoms in total. The molecule has 0 amide bonds. The number of rotatable bonds is 1. The number of ether oxygens (including phenoxy) is 2. The number of hydrogen-bond donors (Lipinski definition) is 1. The molecule has 1 heterocycles. The van der Waals surface area contributed by atoms with Crippen molar-refractivity contribution in [1.82, 2.24) is 0 Å². The molecule has 1 aromatic carbocycles. The van der Waals surface area contributed by atoms with Crippen molar-refractivity contribution in [2.24, 2.45) is 16.1 Å². The Morgan fingerprint density at radius 1 is 1.17 bits per heavy atom. The van der Waals surface area contributed by atoms with Crippen molar-refractivity contribution in [3.05, 3.63) is 18.2 Å². The van der Waals surface area contributed by atoms with Crippen LogP contribution in [0.25, 0.3) is 0 Å². The lowest BCUT2D eigenvalue weighted by molar-refractivity contribution is 0.297. The smallest absolute Gasteiger partial charge is 0.163 e. The molecule has 2 N–H and O–H groups in total. The fourth-order valence-corrected chi connectivity index (χ4v) is 1.53. The molecule has 2 rings (SSSR count). The monoisotopic (exact) mass is 248 g/mol. The van der Waals surface area contributed by atoms with Crippen LogP contribution in [-0.4, -0.2) is 19.0 Å². The summed E-state index contributed by atoms with van der Waals surface area (Å²) in [7, 11) is 0. The van der Waals surface area contributed by atoms with Gasteiger partial charge >= 0.3 is 0 Å². The first kappa shape index (κ1) is 12.7. The summed E-state index contributed by atoms with van der Waals surface area (Å²) in [5.74, 6) is 2.13. The van der Waals surface area contributed by atoms with Gasteiger partial charge in [-0.15, -0.1) is 0 Å². The van der Waals surface area contributed by atoms with Crippen LogP contribution >= 0.6 is 0 Å². The average molecular weight is 248 g/mol. The number of nitrogens with zero attached hydrogens (tertiary/aromatic N) is 1. The van der Waals surface area contributed by atoms with Gasteiger partial charge in [0.15, 0.2) is 11.5 Å². The van der Waals surface area contributed by atoms with Crippen LogP contribution in [0, 0.1) is 5.41 Å². The van der Waals surface area contributed by atoms with E-state index in [2.05, 4.69) is 4.99 Å². The summed E-state index contributed by atoms with van der Waals surface area (Å²) in [5.41, 5.74) is 6.63. The van der Waals surface area contributed by atoms with Crippen LogP contribution in [0.4, 0.5) is 5.69 Å². The van der Waals surface area contributed by atoms with E-state index in [0.29, 0.717) is 19.0 Å². The Balaban J connectivity index is 2.29. The molecule has 0 atom stereocenters. The highest BCUT2D eigenvalue weighted by Crippen LogP contribution is 2.33. The zero-order valence-corrected chi connectivity index (χ0v) is 11.2. The molecule has 0 spiro atoms. The summed E-state index contributed by atoms with van der Waals surface area (Å²) in [6.07, 6.45) is 0.900. The molecule has 98 valence electrons. The van der Waals surface area contributed by atoms with Crippen LogP contribution < -0.4 is 15.2 Å². The van der Waals surface area contributed by atoms with Gasteiger partial charge in [-0.05, 0) is 12.1 Å². The van der Waals surface area contributed by atoms with Crippen molar-refractivity contribution in [3.63, 3.8) is 0 Å². The molecule has 0 unspecified atom stereocenters. The third kappa shape index (κ3) is 2.94. The molecule has 18 heavy (non-hydrogen) atoms. The van der Waals surface area contributed by atoms with Crippen molar-refractivity contribution < 1.29 is 9.47 Å². The number of nitrogens with two attached hydrogens (primary N) is 1. The fourth-order valence-electron chi connectivity index (χ4n) is 1.53. The van der Waals surface area contributed by atoms with E-state index in [9.17, 15) is 0 Å². The molecule has 1 aliphatic rings. The van der Waals surface area contributed by atoms with Crippen LogP contribution in [0.1, 0.15) is 27.2 Å². The standard InChI is InChI=1S/C14H20N2O2/c1-14(2,3)13(15)16-10-5-6-11-12(9-10)18-8-4-7-17-11/h5-6,9H,4,7-8H2,1-3H3,(H2,15,16). The minimum absolute atomic E-state index is 0.135. The Hall–Kier alpha value is -1.71. The highest BCUT2D eigenvalue weighted by atomic mass is 16.5. The summed E-state index contributed by atoms with van der Waals surface area (Å²) >= 11 is 0. The second kappa shape index (κ2) is 4.88. The number of fused-ring (bicyclic) bond motifs is 1. The normalized spacial score (nSPS) is 16.3. The first-order valence-corrected chi connectivity index (χ1v) is 6.21. The van der Waals surface area contributed by atoms with Crippen molar-refractivity contribution in [2.75, 3.05) is 13.2 Å². The topological polar surface area (TPSA) is 56.8 Å². The van der Waals surface area contributed by atoms with E-state index < -0.39 is 0 Å². The lowest BCUT2D eigenvalue weighted by Crippen LogP contribution is -2.28. The predicted molar refractivity (Wildman–Crippen MR) is 72.8 cm³/mol. The Bertz CT molecular complexity index is 461. The average Bonchev–Trinajstić information content (AvgIpc) is 2.52. The molecule has 0 saturated heterocycles. The van der Waals surface area contributed by atoms with Crippen LogP contribution in [-0.2, 0) is 0 Å². The van der Waals surface area contributed by atoms with Crippen molar-refractivity contribution >= 4 is 11.5 Å². The minimum atomic E-state index is -0.135. The van der Waals surface area contributed by atoms with Gasteiger partial charge < -0.3 is 15.2 Å². The summed E-state index contributed by atoms with van der Waals surface area (Å²) in [6.45, 7) is 7.48. The molecular formula is C14H20N2O2. The predicted octanol–water partition coefficient (Wildman–Crippen LogP) is 2.88. The summed E-state index contributed by atoms with van der Waals surface area (Å²) in [5, 5.41) is 0. The number of hydrogen-bond acceptors (Lipinski definition) is 3. The van der Waals surface area contributed by atoms with Gasteiger partial charge in [-0.2, -0.15) is 0 Å². The fraction of sp³-hybridized carbons (Fsp3) is 0.500. The Morgan fingerprint density at radius 3 is 2.50 bits per heavy atom. The Labute approximate surface area is 108 Å². The zero-order valence-electron chi connectivity index (χ0n) is 11.2. The first-order valence-electron chi connectivity index (χ1n) is 6.21. The molecule has 0 bridgehead atoms. The third-order valence-electron chi connectivity index (χ3n) is 2.75. The molecule has 1 aromatic rings. The van der Waals surface area contributed by atoms with E-state index in [-0.39, 0.29) is 5.41 Å². The highest BCUT2D eigenvalue weighted by molar-refractivity contribution is 5.87. The third-order valence-corrected chi connectivity index (χ3v) is 2.75. The lowest BCUT2D eigenvalue weighted by atomic mass is 9.95. The maximum absolute atomic E-state index is 5.97. The molecule has 0 fully saturated rings. The van der Waals surface area contributed by atoms with E-state index in [1.807, 2.05) is 39.0 Å². The number of benzene rings is 1. The minimum Gasteiger partial charge on any atom is -0.490 e. The van der Waals surface area contributed by atoms with Gasteiger partial charge in [0.1, 0.15) is 5.84 Å². The maximum Gasteiger partial charge on any atom is 0.163 e. The van der Waals surface area contributed by atoms with Gasteiger partial charge in [0, 0.05) is 17.9 Å².